The van der Waals surface area contributed by atoms with Crippen LogP contribution in [0.15, 0.2) is 12.5 Å². The molecule has 1 aromatic rings. The van der Waals surface area contributed by atoms with Crippen LogP contribution in [0.4, 0.5) is 0 Å². The second-order valence-electron chi connectivity index (χ2n) is 1.68. The highest BCUT2D eigenvalue weighted by Gasteiger charge is 1.81. The van der Waals surface area contributed by atoms with Crippen LogP contribution in [0.25, 0.3) is 0 Å². The van der Waals surface area contributed by atoms with Crippen molar-refractivity contribution in [2.75, 3.05) is 0 Å². The number of aromatic nitrogens is 2. The summed E-state index contributed by atoms with van der Waals surface area (Å²) in [5.74, 6) is 0. The standard InChI is InChI=1S/C5H8N2.2C2H6/c1-5-3-7(2)4-6-5;2*1-2/h3-4H,1-2H3;2*1-2H3. The fourth-order valence-electron chi connectivity index (χ4n) is 0.544. The molecule has 0 N–H and O–H groups in total. The maximum atomic E-state index is 3.98. The molecule has 66 valence electrons. The van der Waals surface area contributed by atoms with Crippen molar-refractivity contribution in [1.82, 2.24) is 9.55 Å². The van der Waals surface area contributed by atoms with Gasteiger partial charge in [-0.05, 0) is 6.92 Å². The van der Waals surface area contributed by atoms with E-state index in [4.69, 9.17) is 0 Å². The summed E-state index contributed by atoms with van der Waals surface area (Å²) in [6, 6.07) is 0. The first-order chi connectivity index (χ1) is 5.29. The smallest absolute Gasteiger partial charge is 0.0946 e. The lowest BCUT2D eigenvalue weighted by molar-refractivity contribution is 0.913. The normalized spacial score (nSPS) is 7.09. The van der Waals surface area contributed by atoms with E-state index < -0.39 is 0 Å². The van der Waals surface area contributed by atoms with Gasteiger partial charge in [0, 0.05) is 13.2 Å². The Hall–Kier alpha value is -0.790. The topological polar surface area (TPSA) is 17.8 Å². The molecule has 0 amide bonds. The lowest BCUT2D eigenvalue weighted by Gasteiger charge is -1.78. The van der Waals surface area contributed by atoms with Crippen molar-refractivity contribution in [2.24, 2.45) is 7.05 Å². The summed E-state index contributed by atoms with van der Waals surface area (Å²) in [4.78, 5) is 3.98. The molecule has 1 aromatic heterocycles. The molecule has 0 radical (unpaired) electrons. The first-order valence-corrected chi connectivity index (χ1v) is 4.23. The van der Waals surface area contributed by atoms with E-state index in [1.807, 2.05) is 52.4 Å². The zero-order chi connectivity index (χ0) is 9.28. The van der Waals surface area contributed by atoms with Crippen molar-refractivity contribution in [3.05, 3.63) is 18.2 Å². The molecule has 11 heavy (non-hydrogen) atoms. The molecule has 0 saturated heterocycles. The zero-order valence-electron chi connectivity index (χ0n) is 8.55. The predicted molar refractivity (Wildman–Crippen MR) is 50.6 cm³/mol. The number of aryl methyl sites for hydroxylation is 2. The molecule has 0 bridgehead atoms. The van der Waals surface area contributed by atoms with E-state index >= 15 is 0 Å². The predicted octanol–water partition coefficient (Wildman–Crippen LogP) is 2.78. The highest BCUT2D eigenvalue weighted by Crippen LogP contribution is 1.86. The first-order valence-electron chi connectivity index (χ1n) is 4.23. The highest BCUT2D eigenvalue weighted by molar-refractivity contribution is 4.90. The molecule has 2 heteroatoms. The van der Waals surface area contributed by atoms with Crippen molar-refractivity contribution in [2.45, 2.75) is 34.6 Å². The van der Waals surface area contributed by atoms with Gasteiger partial charge in [-0.1, -0.05) is 27.7 Å². The lowest BCUT2D eigenvalue weighted by Crippen LogP contribution is -1.76. The number of imidazole rings is 1. The first kappa shape index (κ1) is 12.8. The molecule has 0 unspecified atom stereocenters. The molecule has 2 nitrogen and oxygen atoms in total. The van der Waals surface area contributed by atoms with Crippen LogP contribution in [-0.2, 0) is 7.05 Å². The van der Waals surface area contributed by atoms with Gasteiger partial charge < -0.3 is 4.57 Å². The van der Waals surface area contributed by atoms with E-state index in [2.05, 4.69) is 4.98 Å². The average molecular weight is 156 g/mol. The van der Waals surface area contributed by atoms with Gasteiger partial charge in [0.15, 0.2) is 0 Å². The van der Waals surface area contributed by atoms with Crippen LogP contribution in [0.5, 0.6) is 0 Å². The average Bonchev–Trinajstić information content (AvgIpc) is 2.43. The molecule has 0 atom stereocenters. The van der Waals surface area contributed by atoms with Gasteiger partial charge >= 0.3 is 0 Å². The van der Waals surface area contributed by atoms with Gasteiger partial charge in [-0.25, -0.2) is 4.98 Å². The van der Waals surface area contributed by atoms with Crippen LogP contribution in [-0.4, -0.2) is 9.55 Å². The summed E-state index contributed by atoms with van der Waals surface area (Å²) < 4.78 is 1.93. The number of nitrogens with zero attached hydrogens (tertiary/aromatic N) is 2. The highest BCUT2D eigenvalue weighted by atomic mass is 15.0. The lowest BCUT2D eigenvalue weighted by atomic mass is 10.6. The Balaban J connectivity index is 0. The Labute approximate surface area is 70.3 Å². The Bertz CT molecular complexity index is 140. The fourth-order valence-corrected chi connectivity index (χ4v) is 0.544. The number of hydrogen-bond donors (Lipinski definition) is 0. The van der Waals surface area contributed by atoms with Gasteiger partial charge in [0.2, 0.25) is 0 Å². The van der Waals surface area contributed by atoms with Crippen LogP contribution in [0, 0.1) is 6.92 Å². The van der Waals surface area contributed by atoms with E-state index in [0.717, 1.165) is 5.69 Å². The number of rotatable bonds is 0. The second kappa shape index (κ2) is 9.21. The van der Waals surface area contributed by atoms with Gasteiger partial charge in [0.1, 0.15) is 0 Å². The van der Waals surface area contributed by atoms with Crippen molar-refractivity contribution in [3.8, 4) is 0 Å². The summed E-state index contributed by atoms with van der Waals surface area (Å²) in [5.41, 5.74) is 1.07. The molecule has 1 heterocycles. The minimum atomic E-state index is 1.07. The summed E-state index contributed by atoms with van der Waals surface area (Å²) in [7, 11) is 1.96. The molecule has 0 spiro atoms. The minimum absolute atomic E-state index is 1.07. The quantitative estimate of drug-likeness (QED) is 0.564. The molecule has 0 aliphatic rings. The molecule has 0 aromatic carbocycles. The molecule has 0 aliphatic carbocycles. The Kier molecular flexibility index (Phi) is 10.8. The molecular formula is C9H20N2. The Morgan fingerprint density at radius 1 is 1.18 bits per heavy atom. The largest absolute Gasteiger partial charge is 0.340 e. The van der Waals surface area contributed by atoms with Crippen LogP contribution >= 0.6 is 0 Å². The summed E-state index contributed by atoms with van der Waals surface area (Å²) in [6.07, 6.45) is 3.76. The minimum Gasteiger partial charge on any atom is -0.340 e. The molecular weight excluding hydrogens is 136 g/mol. The number of hydrogen-bond acceptors (Lipinski definition) is 1. The van der Waals surface area contributed by atoms with Gasteiger partial charge in [-0.15, -0.1) is 0 Å². The van der Waals surface area contributed by atoms with Crippen molar-refractivity contribution in [1.29, 1.82) is 0 Å². The summed E-state index contributed by atoms with van der Waals surface area (Å²) in [5, 5.41) is 0. The van der Waals surface area contributed by atoms with Gasteiger partial charge in [0.05, 0.1) is 12.0 Å². The maximum Gasteiger partial charge on any atom is 0.0946 e. The third-order valence-electron chi connectivity index (χ3n) is 0.834. The van der Waals surface area contributed by atoms with E-state index in [1.54, 1.807) is 6.33 Å². The van der Waals surface area contributed by atoms with Crippen LogP contribution in [0.2, 0.25) is 0 Å². The van der Waals surface area contributed by atoms with Crippen molar-refractivity contribution < 1.29 is 0 Å². The Morgan fingerprint density at radius 3 is 1.73 bits per heavy atom. The third kappa shape index (κ3) is 7.10. The SMILES string of the molecule is CC.CC.Cc1cn(C)cn1. The molecule has 0 fully saturated rings. The fraction of sp³-hybridized carbons (Fsp3) is 0.667. The van der Waals surface area contributed by atoms with Crippen LogP contribution in [0.3, 0.4) is 0 Å². The summed E-state index contributed by atoms with van der Waals surface area (Å²) in [6.45, 7) is 9.97. The van der Waals surface area contributed by atoms with Gasteiger partial charge in [-0.2, -0.15) is 0 Å². The van der Waals surface area contributed by atoms with Gasteiger partial charge in [-0.3, -0.25) is 0 Å². The van der Waals surface area contributed by atoms with E-state index in [9.17, 15) is 0 Å². The van der Waals surface area contributed by atoms with Crippen LogP contribution < -0.4 is 0 Å². The summed E-state index contributed by atoms with van der Waals surface area (Å²) >= 11 is 0. The van der Waals surface area contributed by atoms with E-state index in [-0.39, 0.29) is 0 Å². The maximum absolute atomic E-state index is 3.98. The molecule has 1 rings (SSSR count). The van der Waals surface area contributed by atoms with E-state index in [1.165, 1.54) is 0 Å². The van der Waals surface area contributed by atoms with Crippen LogP contribution in [0.1, 0.15) is 33.4 Å². The third-order valence-corrected chi connectivity index (χ3v) is 0.834. The molecule has 0 saturated carbocycles. The zero-order valence-corrected chi connectivity index (χ0v) is 8.55. The van der Waals surface area contributed by atoms with Gasteiger partial charge in [0.25, 0.3) is 0 Å². The molecule has 0 aliphatic heterocycles. The Morgan fingerprint density at radius 2 is 1.64 bits per heavy atom. The second-order valence-corrected chi connectivity index (χ2v) is 1.68. The van der Waals surface area contributed by atoms with E-state index in [0.29, 0.717) is 0 Å². The van der Waals surface area contributed by atoms with Crippen molar-refractivity contribution >= 4 is 0 Å². The van der Waals surface area contributed by atoms with Crippen molar-refractivity contribution in [3.63, 3.8) is 0 Å². The monoisotopic (exact) mass is 156 g/mol.